The van der Waals surface area contributed by atoms with Gasteiger partial charge in [-0.15, -0.1) is 0 Å². The Bertz CT molecular complexity index is 392. The fraction of sp³-hybridized carbons (Fsp3) is 0.125. The third-order valence-corrected chi connectivity index (χ3v) is 1.78. The molecule has 0 heterocycles. The van der Waals surface area contributed by atoms with Gasteiger partial charge < -0.3 is 11.1 Å². The molecule has 5 nitrogen and oxygen atoms in total. The first-order valence-corrected chi connectivity index (χ1v) is 4.23. The van der Waals surface area contributed by atoms with Gasteiger partial charge in [0, 0.05) is 17.8 Å². The molecule has 0 aliphatic carbocycles. The van der Waals surface area contributed by atoms with Crippen molar-refractivity contribution in [3.05, 3.63) is 33.9 Å². The molecule has 1 rings (SSSR count). The van der Waals surface area contributed by atoms with E-state index in [9.17, 15) is 10.1 Å². The fourth-order valence-corrected chi connectivity index (χ4v) is 1.14. The Labute approximate surface area is 86.1 Å². The first-order valence-electron chi connectivity index (χ1n) is 3.82. The van der Waals surface area contributed by atoms with Crippen molar-refractivity contribution in [2.45, 2.75) is 6.92 Å². The first kappa shape index (κ1) is 10.4. The highest BCUT2D eigenvalue weighted by Gasteiger charge is 2.07. The van der Waals surface area contributed by atoms with Gasteiger partial charge in [-0.25, -0.2) is 0 Å². The lowest BCUT2D eigenvalue weighted by molar-refractivity contribution is -0.384. The largest absolute Gasteiger partial charge is 0.376 e. The normalized spacial score (nSPS) is 9.50. The summed E-state index contributed by atoms with van der Waals surface area (Å²) in [6.45, 7) is 1.74. The number of anilines is 1. The van der Waals surface area contributed by atoms with Crippen LogP contribution in [0, 0.1) is 17.0 Å². The molecule has 6 heteroatoms. The minimum Gasteiger partial charge on any atom is -0.376 e. The Balaban J connectivity index is 3.01. The minimum absolute atomic E-state index is 0.0518. The van der Waals surface area contributed by atoms with Crippen LogP contribution in [0.3, 0.4) is 0 Å². The molecule has 0 aliphatic rings. The predicted molar refractivity (Wildman–Crippen MR) is 58.2 cm³/mol. The van der Waals surface area contributed by atoms with Crippen molar-refractivity contribution in [1.82, 2.24) is 0 Å². The van der Waals surface area contributed by atoms with Crippen LogP contribution in [0.5, 0.6) is 0 Å². The lowest BCUT2D eigenvalue weighted by Gasteiger charge is -2.06. The van der Waals surface area contributed by atoms with Crippen molar-refractivity contribution >= 4 is 28.7 Å². The fourth-order valence-electron chi connectivity index (χ4n) is 1.03. The van der Waals surface area contributed by atoms with E-state index < -0.39 is 4.92 Å². The molecule has 1 aromatic carbocycles. The van der Waals surface area contributed by atoms with Crippen molar-refractivity contribution in [2.75, 3.05) is 5.32 Å². The number of hydrogen-bond donors (Lipinski definition) is 2. The molecule has 0 atom stereocenters. The maximum Gasteiger partial charge on any atom is 0.269 e. The van der Waals surface area contributed by atoms with E-state index >= 15 is 0 Å². The number of rotatable bonds is 2. The Kier molecular flexibility index (Phi) is 2.98. The molecule has 0 fully saturated rings. The van der Waals surface area contributed by atoms with E-state index in [0.29, 0.717) is 5.69 Å². The molecular weight excluding hydrogens is 202 g/mol. The van der Waals surface area contributed by atoms with Crippen LogP contribution in [0.1, 0.15) is 5.56 Å². The predicted octanol–water partition coefficient (Wildman–Crippen LogP) is 1.56. The number of nitrogens with two attached hydrogens (primary N) is 1. The van der Waals surface area contributed by atoms with E-state index in [0.717, 1.165) is 5.56 Å². The van der Waals surface area contributed by atoms with Crippen LogP contribution in [0.25, 0.3) is 0 Å². The number of nitro groups is 1. The molecule has 14 heavy (non-hydrogen) atoms. The van der Waals surface area contributed by atoms with Gasteiger partial charge in [0.25, 0.3) is 5.69 Å². The molecule has 0 radical (unpaired) electrons. The zero-order valence-corrected chi connectivity index (χ0v) is 8.30. The zero-order valence-electron chi connectivity index (χ0n) is 7.48. The molecular formula is C8H9N3O2S. The molecule has 0 bridgehead atoms. The van der Waals surface area contributed by atoms with Crippen molar-refractivity contribution in [1.29, 1.82) is 0 Å². The summed E-state index contributed by atoms with van der Waals surface area (Å²) in [5.74, 6) is 0. The van der Waals surface area contributed by atoms with E-state index in [1.807, 2.05) is 0 Å². The second-order valence-electron chi connectivity index (χ2n) is 2.75. The Morgan fingerprint density at radius 3 is 2.71 bits per heavy atom. The highest BCUT2D eigenvalue weighted by molar-refractivity contribution is 7.80. The molecule has 0 saturated carbocycles. The SMILES string of the molecule is Cc1cc([N+](=O)[O-])ccc1NC(N)=S. The number of nitrogens with one attached hydrogen (secondary N) is 1. The van der Waals surface area contributed by atoms with Gasteiger partial charge in [0.2, 0.25) is 0 Å². The first-order chi connectivity index (χ1) is 6.50. The summed E-state index contributed by atoms with van der Waals surface area (Å²) in [5, 5.41) is 13.3. The van der Waals surface area contributed by atoms with E-state index in [4.69, 9.17) is 5.73 Å². The molecule has 74 valence electrons. The summed E-state index contributed by atoms with van der Waals surface area (Å²) in [5.41, 5.74) is 6.74. The Morgan fingerprint density at radius 2 is 2.29 bits per heavy atom. The van der Waals surface area contributed by atoms with Crippen LogP contribution in [0.15, 0.2) is 18.2 Å². The smallest absolute Gasteiger partial charge is 0.269 e. The lowest BCUT2D eigenvalue weighted by Crippen LogP contribution is -2.19. The van der Waals surface area contributed by atoms with E-state index in [1.165, 1.54) is 12.1 Å². The summed E-state index contributed by atoms with van der Waals surface area (Å²) in [6.07, 6.45) is 0. The summed E-state index contributed by atoms with van der Waals surface area (Å²) in [4.78, 5) is 9.97. The van der Waals surface area contributed by atoms with E-state index in [2.05, 4.69) is 17.5 Å². The Morgan fingerprint density at radius 1 is 1.64 bits per heavy atom. The van der Waals surface area contributed by atoms with Crippen LogP contribution in [-0.4, -0.2) is 10.0 Å². The average molecular weight is 211 g/mol. The van der Waals surface area contributed by atoms with Crippen LogP contribution < -0.4 is 11.1 Å². The van der Waals surface area contributed by atoms with Crippen LogP contribution >= 0.6 is 12.2 Å². The number of aryl methyl sites for hydroxylation is 1. The van der Waals surface area contributed by atoms with Crippen molar-refractivity contribution in [3.63, 3.8) is 0 Å². The van der Waals surface area contributed by atoms with Gasteiger partial charge >= 0.3 is 0 Å². The summed E-state index contributed by atoms with van der Waals surface area (Å²) in [7, 11) is 0. The number of non-ortho nitro benzene ring substituents is 1. The monoisotopic (exact) mass is 211 g/mol. The molecule has 0 aromatic heterocycles. The summed E-state index contributed by atoms with van der Waals surface area (Å²) in [6, 6.07) is 4.43. The Hall–Kier alpha value is -1.69. The number of nitrogens with zero attached hydrogens (tertiary/aromatic N) is 1. The second-order valence-corrected chi connectivity index (χ2v) is 3.19. The number of thiocarbonyl (C=S) groups is 1. The van der Waals surface area contributed by atoms with Crippen LogP contribution in [0.4, 0.5) is 11.4 Å². The maximum atomic E-state index is 10.4. The summed E-state index contributed by atoms with van der Waals surface area (Å²) < 4.78 is 0. The van der Waals surface area contributed by atoms with Gasteiger partial charge in [0.1, 0.15) is 0 Å². The highest BCUT2D eigenvalue weighted by atomic mass is 32.1. The molecule has 0 aliphatic heterocycles. The number of hydrogen-bond acceptors (Lipinski definition) is 3. The van der Waals surface area contributed by atoms with Gasteiger partial charge in [-0.3, -0.25) is 10.1 Å². The number of nitro benzene ring substituents is 1. The van der Waals surface area contributed by atoms with Crippen LogP contribution in [-0.2, 0) is 0 Å². The molecule has 1 aromatic rings. The molecule has 0 unspecified atom stereocenters. The van der Waals surface area contributed by atoms with Gasteiger partial charge in [-0.1, -0.05) is 0 Å². The highest BCUT2D eigenvalue weighted by Crippen LogP contribution is 2.20. The zero-order chi connectivity index (χ0) is 10.7. The van der Waals surface area contributed by atoms with Gasteiger partial charge in [0.05, 0.1) is 4.92 Å². The standard InChI is InChI=1S/C8H9N3O2S/c1-5-4-6(11(12)13)2-3-7(5)10-8(9)14/h2-4H,1H3,(H3,9,10,14). The van der Waals surface area contributed by atoms with E-state index in [1.54, 1.807) is 13.0 Å². The van der Waals surface area contributed by atoms with Gasteiger partial charge in [-0.2, -0.15) is 0 Å². The molecule has 0 spiro atoms. The molecule has 0 amide bonds. The number of benzene rings is 1. The van der Waals surface area contributed by atoms with E-state index in [-0.39, 0.29) is 10.8 Å². The molecule has 0 saturated heterocycles. The second kappa shape index (κ2) is 4.01. The summed E-state index contributed by atoms with van der Waals surface area (Å²) >= 11 is 4.65. The van der Waals surface area contributed by atoms with Crippen molar-refractivity contribution in [2.24, 2.45) is 5.73 Å². The topological polar surface area (TPSA) is 81.2 Å². The van der Waals surface area contributed by atoms with Gasteiger partial charge in [-0.05, 0) is 30.8 Å². The third kappa shape index (κ3) is 2.40. The van der Waals surface area contributed by atoms with Crippen molar-refractivity contribution < 1.29 is 4.92 Å². The quantitative estimate of drug-likeness (QED) is 0.440. The maximum absolute atomic E-state index is 10.4. The van der Waals surface area contributed by atoms with Crippen molar-refractivity contribution in [3.8, 4) is 0 Å². The van der Waals surface area contributed by atoms with Gasteiger partial charge in [0.15, 0.2) is 5.11 Å². The molecule has 3 N–H and O–H groups in total. The van der Waals surface area contributed by atoms with Crippen LogP contribution in [0.2, 0.25) is 0 Å². The average Bonchev–Trinajstić information content (AvgIpc) is 2.07. The lowest BCUT2D eigenvalue weighted by atomic mass is 10.2. The third-order valence-electron chi connectivity index (χ3n) is 1.68. The minimum atomic E-state index is -0.447.